The molecule has 1 aromatic rings. The van der Waals surface area contributed by atoms with Crippen molar-refractivity contribution in [3.63, 3.8) is 0 Å². The predicted octanol–water partition coefficient (Wildman–Crippen LogP) is 1.72. The van der Waals surface area contributed by atoms with Crippen molar-refractivity contribution in [2.45, 2.75) is 39.2 Å². The van der Waals surface area contributed by atoms with E-state index in [1.165, 1.54) is 6.42 Å². The van der Waals surface area contributed by atoms with E-state index in [0.29, 0.717) is 18.2 Å². The number of nitrogens with two attached hydrogens (primary N) is 1. The number of aromatic nitrogens is 2. The van der Waals surface area contributed by atoms with Crippen molar-refractivity contribution in [3.05, 3.63) is 11.9 Å². The van der Waals surface area contributed by atoms with E-state index >= 15 is 0 Å². The lowest BCUT2D eigenvalue weighted by Gasteiger charge is -2.17. The minimum Gasteiger partial charge on any atom is -0.481 e. The molecule has 17 heavy (non-hydrogen) atoms. The van der Waals surface area contributed by atoms with Crippen molar-refractivity contribution in [2.75, 3.05) is 19.0 Å². The minimum absolute atomic E-state index is 0.258. The van der Waals surface area contributed by atoms with Crippen molar-refractivity contribution < 1.29 is 4.74 Å². The Morgan fingerprint density at radius 2 is 2.24 bits per heavy atom. The molecule has 1 unspecified atom stereocenters. The fourth-order valence-electron chi connectivity index (χ4n) is 1.63. The molecule has 0 radical (unpaired) electrons. The highest BCUT2D eigenvalue weighted by Gasteiger charge is 2.08. The summed E-state index contributed by atoms with van der Waals surface area (Å²) in [6.07, 6.45) is 3.39. The molecule has 0 saturated carbocycles. The van der Waals surface area contributed by atoms with E-state index in [0.717, 1.165) is 18.7 Å². The van der Waals surface area contributed by atoms with Crippen molar-refractivity contribution in [2.24, 2.45) is 5.73 Å². The van der Waals surface area contributed by atoms with Gasteiger partial charge in [0.2, 0.25) is 5.88 Å². The number of nitrogens with one attached hydrogen (secondary N) is 1. The average Bonchev–Trinajstić information content (AvgIpc) is 2.33. The topological polar surface area (TPSA) is 73.1 Å². The zero-order valence-corrected chi connectivity index (χ0v) is 10.9. The third-order valence-corrected chi connectivity index (χ3v) is 2.57. The summed E-state index contributed by atoms with van der Waals surface area (Å²) in [5.74, 6) is 2.05. The number of nitrogens with zero attached hydrogens (tertiary/aromatic N) is 2. The van der Waals surface area contributed by atoms with Gasteiger partial charge >= 0.3 is 0 Å². The van der Waals surface area contributed by atoms with Crippen LogP contribution in [0, 0.1) is 6.92 Å². The van der Waals surface area contributed by atoms with Gasteiger partial charge < -0.3 is 15.8 Å². The van der Waals surface area contributed by atoms with Crippen LogP contribution in [0.5, 0.6) is 5.88 Å². The van der Waals surface area contributed by atoms with Crippen LogP contribution in [0.4, 0.5) is 5.82 Å². The lowest BCUT2D eigenvalue weighted by Crippen LogP contribution is -2.29. The number of hydrogen-bond donors (Lipinski definition) is 2. The summed E-state index contributed by atoms with van der Waals surface area (Å²) >= 11 is 0. The molecule has 96 valence electrons. The fourth-order valence-corrected chi connectivity index (χ4v) is 1.63. The van der Waals surface area contributed by atoms with Gasteiger partial charge in [0.25, 0.3) is 0 Å². The average molecular weight is 238 g/mol. The molecule has 0 bridgehead atoms. The maximum absolute atomic E-state index is 5.73. The highest BCUT2D eigenvalue weighted by molar-refractivity contribution is 5.39. The highest BCUT2D eigenvalue weighted by atomic mass is 16.5. The molecule has 1 aromatic heterocycles. The van der Waals surface area contributed by atoms with Crippen molar-refractivity contribution in [1.82, 2.24) is 9.97 Å². The standard InChI is InChI=1S/C12H22N4O/c1-4-5-6-10(8-13)16-11-7-12(17-3)15-9(2)14-11/h7,10H,4-6,8,13H2,1-3H3,(H,14,15,16). The first kappa shape index (κ1) is 13.7. The van der Waals surface area contributed by atoms with E-state index in [9.17, 15) is 0 Å². The Bertz CT molecular complexity index is 343. The van der Waals surface area contributed by atoms with Crippen molar-refractivity contribution in [3.8, 4) is 5.88 Å². The van der Waals surface area contributed by atoms with Gasteiger partial charge in [0.05, 0.1) is 7.11 Å². The number of hydrogen-bond acceptors (Lipinski definition) is 5. The van der Waals surface area contributed by atoms with Crippen LogP contribution in [0.2, 0.25) is 0 Å². The Labute approximate surface area is 103 Å². The molecule has 5 nitrogen and oxygen atoms in total. The van der Waals surface area contributed by atoms with Gasteiger partial charge in [-0.05, 0) is 13.3 Å². The van der Waals surface area contributed by atoms with E-state index in [4.69, 9.17) is 10.5 Å². The Balaban J connectivity index is 2.68. The molecule has 0 aliphatic rings. The molecular weight excluding hydrogens is 216 g/mol. The number of aryl methyl sites for hydroxylation is 1. The minimum atomic E-state index is 0.258. The Hall–Kier alpha value is -1.36. The smallest absolute Gasteiger partial charge is 0.218 e. The van der Waals surface area contributed by atoms with Crippen molar-refractivity contribution >= 4 is 5.82 Å². The predicted molar refractivity (Wildman–Crippen MR) is 69.3 cm³/mol. The second-order valence-corrected chi connectivity index (χ2v) is 4.06. The number of anilines is 1. The third-order valence-electron chi connectivity index (χ3n) is 2.57. The van der Waals surface area contributed by atoms with Gasteiger partial charge in [-0.3, -0.25) is 0 Å². The molecule has 0 spiro atoms. The Morgan fingerprint density at radius 1 is 1.47 bits per heavy atom. The second kappa shape index (κ2) is 7.06. The lowest BCUT2D eigenvalue weighted by atomic mass is 10.1. The fraction of sp³-hybridized carbons (Fsp3) is 0.667. The molecule has 5 heteroatoms. The van der Waals surface area contributed by atoms with Gasteiger partial charge in [-0.15, -0.1) is 0 Å². The van der Waals surface area contributed by atoms with Crippen LogP contribution in [0.15, 0.2) is 6.07 Å². The Kier molecular flexibility index (Phi) is 5.69. The van der Waals surface area contributed by atoms with Crippen LogP contribution in [0.3, 0.4) is 0 Å². The highest BCUT2D eigenvalue weighted by Crippen LogP contribution is 2.14. The molecule has 1 heterocycles. The number of ether oxygens (including phenoxy) is 1. The largest absolute Gasteiger partial charge is 0.481 e. The van der Waals surface area contributed by atoms with Crippen LogP contribution >= 0.6 is 0 Å². The van der Waals surface area contributed by atoms with E-state index in [-0.39, 0.29) is 6.04 Å². The summed E-state index contributed by atoms with van der Waals surface area (Å²) in [5.41, 5.74) is 5.73. The monoisotopic (exact) mass is 238 g/mol. The van der Waals surface area contributed by atoms with Crippen LogP contribution in [-0.2, 0) is 0 Å². The molecule has 0 fully saturated rings. The van der Waals surface area contributed by atoms with Gasteiger partial charge in [-0.1, -0.05) is 19.8 Å². The summed E-state index contributed by atoms with van der Waals surface area (Å²) in [6, 6.07) is 2.05. The molecule has 1 rings (SSSR count). The maximum atomic E-state index is 5.73. The van der Waals surface area contributed by atoms with Gasteiger partial charge in [-0.25, -0.2) is 4.98 Å². The number of unbranched alkanes of at least 4 members (excludes halogenated alkanes) is 1. The number of rotatable bonds is 7. The van der Waals surface area contributed by atoms with Crippen LogP contribution in [0.25, 0.3) is 0 Å². The Morgan fingerprint density at radius 3 is 2.82 bits per heavy atom. The van der Waals surface area contributed by atoms with E-state index < -0.39 is 0 Å². The van der Waals surface area contributed by atoms with Gasteiger partial charge in [0.15, 0.2) is 0 Å². The molecule has 0 saturated heterocycles. The SMILES string of the molecule is CCCCC(CN)Nc1cc(OC)nc(C)n1. The first-order valence-corrected chi connectivity index (χ1v) is 6.05. The summed E-state index contributed by atoms with van der Waals surface area (Å²) in [7, 11) is 1.60. The van der Waals surface area contributed by atoms with Crippen LogP contribution < -0.4 is 15.8 Å². The summed E-state index contributed by atoms with van der Waals surface area (Å²) in [5, 5.41) is 3.32. The van der Waals surface area contributed by atoms with Crippen molar-refractivity contribution in [1.29, 1.82) is 0 Å². The molecule has 0 aliphatic carbocycles. The number of methoxy groups -OCH3 is 1. The van der Waals surface area contributed by atoms with Crippen LogP contribution in [0.1, 0.15) is 32.0 Å². The lowest BCUT2D eigenvalue weighted by molar-refractivity contribution is 0.395. The van der Waals surface area contributed by atoms with E-state index in [2.05, 4.69) is 22.2 Å². The second-order valence-electron chi connectivity index (χ2n) is 4.06. The maximum Gasteiger partial charge on any atom is 0.218 e. The van der Waals surface area contributed by atoms with E-state index in [1.54, 1.807) is 13.2 Å². The molecule has 3 N–H and O–H groups in total. The van der Waals surface area contributed by atoms with Gasteiger partial charge in [-0.2, -0.15) is 4.98 Å². The molecule has 0 aromatic carbocycles. The zero-order chi connectivity index (χ0) is 12.7. The summed E-state index contributed by atoms with van der Waals surface area (Å²) in [6.45, 7) is 4.62. The first-order chi connectivity index (χ1) is 8.19. The summed E-state index contributed by atoms with van der Waals surface area (Å²) < 4.78 is 5.11. The van der Waals surface area contributed by atoms with E-state index in [1.807, 2.05) is 6.92 Å². The molecule has 0 aliphatic heterocycles. The normalized spacial score (nSPS) is 12.2. The van der Waals surface area contributed by atoms with Gasteiger partial charge in [0.1, 0.15) is 11.6 Å². The first-order valence-electron chi connectivity index (χ1n) is 6.05. The molecule has 0 amide bonds. The van der Waals surface area contributed by atoms with Crippen LogP contribution in [-0.4, -0.2) is 29.7 Å². The third kappa shape index (κ3) is 4.56. The summed E-state index contributed by atoms with van der Waals surface area (Å²) in [4.78, 5) is 8.46. The molecular formula is C12H22N4O. The zero-order valence-electron chi connectivity index (χ0n) is 10.9. The molecule has 1 atom stereocenters. The van der Waals surface area contributed by atoms with Gasteiger partial charge in [0, 0.05) is 18.7 Å². The quantitative estimate of drug-likeness (QED) is 0.756.